The third-order valence-electron chi connectivity index (χ3n) is 4.07. The number of aliphatic carboxylic acids is 1. The van der Waals surface area contributed by atoms with E-state index in [0.29, 0.717) is 6.42 Å². The zero-order chi connectivity index (χ0) is 21.0. The van der Waals surface area contributed by atoms with Crippen LogP contribution < -0.4 is 0 Å². The number of rotatable bonds is 11. The van der Waals surface area contributed by atoms with Gasteiger partial charge in [-0.1, -0.05) is 27.7 Å². The van der Waals surface area contributed by atoms with Crippen molar-refractivity contribution in [3.63, 3.8) is 0 Å². The van der Waals surface area contributed by atoms with Gasteiger partial charge in [0.2, 0.25) is 0 Å². The molecular weight excluding hydrogens is 389 g/mol. The molecule has 0 aliphatic heterocycles. The quantitative estimate of drug-likeness (QED) is 0.321. The van der Waals surface area contributed by atoms with Crippen molar-refractivity contribution < 1.29 is 40.6 Å². The zero-order valence-corrected chi connectivity index (χ0v) is 15.9. The van der Waals surface area contributed by atoms with E-state index < -0.39 is 41.6 Å². The van der Waals surface area contributed by atoms with Crippen LogP contribution in [0.25, 0.3) is 0 Å². The van der Waals surface area contributed by atoms with E-state index in [9.17, 15) is 40.6 Å². The Bertz CT molecular complexity index is 464. The van der Waals surface area contributed by atoms with Crippen molar-refractivity contribution >= 4 is 17.7 Å². The van der Waals surface area contributed by atoms with E-state index in [0.717, 1.165) is 11.8 Å². The van der Waals surface area contributed by atoms with Gasteiger partial charge in [-0.25, -0.2) is 0 Å². The summed E-state index contributed by atoms with van der Waals surface area (Å²) in [6, 6.07) is 0. The second-order valence-electron chi connectivity index (χ2n) is 7.03. The van der Waals surface area contributed by atoms with Crippen LogP contribution in [0.4, 0.5) is 30.7 Å². The van der Waals surface area contributed by atoms with Gasteiger partial charge in [-0.3, -0.25) is 4.79 Å². The highest BCUT2D eigenvalue weighted by atomic mass is 32.2. The molecule has 1 N–H and O–H groups in total. The molecule has 2 nitrogen and oxygen atoms in total. The molecule has 0 radical (unpaired) electrons. The average Bonchev–Trinajstić information content (AvgIpc) is 2.42. The largest absolute Gasteiger partial charge is 0.480 e. The molecule has 0 bridgehead atoms. The first-order chi connectivity index (χ1) is 11.5. The fraction of sp³-hybridized carbons (Fsp3) is 0.938. The summed E-state index contributed by atoms with van der Waals surface area (Å²) in [6.45, 7) is 7.09. The normalized spacial score (nSPS) is 16.2. The lowest BCUT2D eigenvalue weighted by Gasteiger charge is -2.34. The van der Waals surface area contributed by atoms with Gasteiger partial charge in [0, 0.05) is 6.42 Å². The van der Waals surface area contributed by atoms with Crippen LogP contribution in [0.3, 0.4) is 0 Å². The summed E-state index contributed by atoms with van der Waals surface area (Å²) in [5.74, 6) is -12.5. The number of unbranched alkanes of at least 4 members (excludes halogenated alkanes) is 1. The molecule has 156 valence electrons. The zero-order valence-electron chi connectivity index (χ0n) is 15.1. The Morgan fingerprint density at radius 2 is 1.46 bits per heavy atom. The maximum absolute atomic E-state index is 13.2. The van der Waals surface area contributed by atoms with Gasteiger partial charge in [-0.2, -0.15) is 30.7 Å². The molecule has 0 aliphatic rings. The molecular formula is C16H25F7O2S. The maximum atomic E-state index is 13.2. The van der Waals surface area contributed by atoms with Crippen LogP contribution >= 0.6 is 11.8 Å². The Morgan fingerprint density at radius 3 is 1.81 bits per heavy atom. The first-order valence-corrected chi connectivity index (χ1v) is 9.19. The van der Waals surface area contributed by atoms with Crippen molar-refractivity contribution in [3.05, 3.63) is 0 Å². The van der Waals surface area contributed by atoms with Gasteiger partial charge >= 0.3 is 24.0 Å². The first-order valence-electron chi connectivity index (χ1n) is 8.21. The van der Waals surface area contributed by atoms with Crippen LogP contribution in [0.1, 0.15) is 53.4 Å². The number of alkyl halides is 7. The van der Waals surface area contributed by atoms with Crippen molar-refractivity contribution in [2.45, 2.75) is 76.1 Å². The highest BCUT2D eigenvalue weighted by molar-refractivity contribution is 8.01. The summed E-state index contributed by atoms with van der Waals surface area (Å²) in [5.41, 5.74) is 0. The molecule has 0 aromatic heterocycles. The van der Waals surface area contributed by atoms with Gasteiger partial charge < -0.3 is 5.11 Å². The molecule has 10 heteroatoms. The summed E-state index contributed by atoms with van der Waals surface area (Å²) in [4.78, 5) is 11.7. The lowest BCUT2D eigenvalue weighted by molar-refractivity contribution is -0.355. The van der Waals surface area contributed by atoms with Gasteiger partial charge in [0.25, 0.3) is 0 Å². The van der Waals surface area contributed by atoms with Gasteiger partial charge in [-0.15, -0.1) is 11.8 Å². The number of hydrogen-bond donors (Lipinski definition) is 1. The predicted molar refractivity (Wildman–Crippen MR) is 86.9 cm³/mol. The molecule has 0 saturated heterocycles. The lowest BCUT2D eigenvalue weighted by Crippen LogP contribution is -2.51. The number of carboxylic acid groups (broad SMARTS) is 1. The second-order valence-corrected chi connectivity index (χ2v) is 8.45. The Hall–Kier alpha value is -0.670. The van der Waals surface area contributed by atoms with E-state index in [2.05, 4.69) is 0 Å². The van der Waals surface area contributed by atoms with E-state index in [1.807, 2.05) is 13.8 Å². The van der Waals surface area contributed by atoms with E-state index in [1.54, 1.807) is 13.8 Å². The number of carbonyl (C=O) groups is 1. The van der Waals surface area contributed by atoms with Crippen molar-refractivity contribution in [2.75, 3.05) is 5.75 Å². The highest BCUT2D eigenvalue weighted by Gasteiger charge is 2.72. The second kappa shape index (κ2) is 9.01. The standard InChI is InChI=1S/C16H25F7O2S/c1-10(2)9-13(11(3)4,12(24)25)26-8-6-5-7-14(17,18)15(19,20)16(21,22)23/h10-11H,5-9H2,1-4H3,(H,24,25). The minimum absolute atomic E-state index is 0.0517. The summed E-state index contributed by atoms with van der Waals surface area (Å²) in [6.07, 6.45) is -8.27. The molecule has 1 atom stereocenters. The van der Waals surface area contributed by atoms with E-state index in [1.165, 1.54) is 0 Å². The van der Waals surface area contributed by atoms with Crippen LogP contribution in [-0.4, -0.2) is 39.6 Å². The molecule has 0 fully saturated rings. The van der Waals surface area contributed by atoms with Crippen molar-refractivity contribution in [2.24, 2.45) is 11.8 Å². The average molecular weight is 414 g/mol. The Labute approximate surface area is 152 Å². The van der Waals surface area contributed by atoms with E-state index >= 15 is 0 Å². The first kappa shape index (κ1) is 25.3. The highest BCUT2D eigenvalue weighted by Crippen LogP contribution is 2.48. The summed E-state index contributed by atoms with van der Waals surface area (Å²) in [7, 11) is 0. The van der Waals surface area contributed by atoms with Crippen LogP contribution in [0, 0.1) is 11.8 Å². The molecule has 0 rings (SSSR count). The number of carboxylic acids is 1. The van der Waals surface area contributed by atoms with Crippen LogP contribution in [0.2, 0.25) is 0 Å². The summed E-state index contributed by atoms with van der Waals surface area (Å²) >= 11 is 1.02. The molecule has 0 aromatic carbocycles. The van der Waals surface area contributed by atoms with E-state index in [4.69, 9.17) is 0 Å². The van der Waals surface area contributed by atoms with Crippen molar-refractivity contribution in [1.82, 2.24) is 0 Å². The van der Waals surface area contributed by atoms with Gasteiger partial charge in [0.1, 0.15) is 4.75 Å². The Morgan fingerprint density at radius 1 is 0.962 bits per heavy atom. The third kappa shape index (κ3) is 5.92. The molecule has 0 aliphatic carbocycles. The molecule has 0 saturated carbocycles. The van der Waals surface area contributed by atoms with Gasteiger partial charge in [0.15, 0.2) is 0 Å². The molecule has 0 aromatic rings. The molecule has 0 heterocycles. The number of halogens is 7. The smallest absolute Gasteiger partial charge is 0.459 e. The SMILES string of the molecule is CC(C)CC(SCCCCC(F)(F)C(F)(F)C(F)(F)F)(C(=O)O)C(C)C. The van der Waals surface area contributed by atoms with Crippen LogP contribution in [-0.2, 0) is 4.79 Å². The van der Waals surface area contributed by atoms with Crippen LogP contribution in [0.15, 0.2) is 0 Å². The number of hydrogen-bond acceptors (Lipinski definition) is 2. The van der Waals surface area contributed by atoms with Gasteiger partial charge in [0.05, 0.1) is 0 Å². The fourth-order valence-electron chi connectivity index (χ4n) is 2.53. The molecule has 26 heavy (non-hydrogen) atoms. The minimum Gasteiger partial charge on any atom is -0.480 e. The minimum atomic E-state index is -6.32. The molecule has 0 spiro atoms. The maximum Gasteiger partial charge on any atom is 0.459 e. The Kier molecular flexibility index (Phi) is 8.78. The number of thioether (sulfide) groups is 1. The van der Waals surface area contributed by atoms with Crippen molar-refractivity contribution in [1.29, 1.82) is 0 Å². The Balaban J connectivity index is 4.80. The fourth-order valence-corrected chi connectivity index (χ4v) is 4.15. The van der Waals surface area contributed by atoms with E-state index in [-0.39, 0.29) is 24.0 Å². The van der Waals surface area contributed by atoms with Gasteiger partial charge in [-0.05, 0) is 36.9 Å². The third-order valence-corrected chi connectivity index (χ3v) is 5.89. The topological polar surface area (TPSA) is 37.3 Å². The summed E-state index contributed by atoms with van der Waals surface area (Å²) in [5, 5.41) is 9.56. The predicted octanol–water partition coefficient (Wildman–Crippen LogP) is 6.25. The van der Waals surface area contributed by atoms with Crippen molar-refractivity contribution in [3.8, 4) is 0 Å². The summed E-state index contributed by atoms with van der Waals surface area (Å²) < 4.78 is 87.1. The lowest BCUT2D eigenvalue weighted by atomic mass is 9.86. The van der Waals surface area contributed by atoms with Crippen LogP contribution in [0.5, 0.6) is 0 Å². The molecule has 0 amide bonds. The molecule has 1 unspecified atom stereocenters. The monoisotopic (exact) mass is 414 g/mol.